The van der Waals surface area contributed by atoms with E-state index < -0.39 is 12.0 Å². The molecular formula is C17H16BrF2N5O2. The highest BCUT2D eigenvalue weighted by Crippen LogP contribution is 2.25. The summed E-state index contributed by atoms with van der Waals surface area (Å²) in [6.45, 7) is 0.568. The molecule has 0 bridgehead atoms. The highest BCUT2D eigenvalue weighted by molar-refractivity contribution is 9.10. The Labute approximate surface area is 161 Å². The van der Waals surface area contributed by atoms with E-state index in [0.717, 1.165) is 0 Å². The molecule has 2 aliphatic rings. The summed E-state index contributed by atoms with van der Waals surface area (Å²) in [7, 11) is 0. The third-order valence-corrected chi connectivity index (χ3v) is 5.24. The molecule has 1 atom stereocenters. The number of benzene rings is 1. The minimum Gasteiger partial charge on any atom is -0.348 e. The highest BCUT2D eigenvalue weighted by Gasteiger charge is 2.32. The molecule has 7 nitrogen and oxygen atoms in total. The molecule has 1 aromatic heterocycles. The standard InChI is InChI=1S/C17H16BrF2N5O2/c18-12-5-10(1-2-13(12)20)22-17(27)24-4-3-14-11(8-24)15-16(26)21-6-9(19)7-25(15)23-14/h1-2,5,9H,3-4,6-8H2,(H,21,26)(H,22,27). The first-order chi connectivity index (χ1) is 12.9. The minimum atomic E-state index is -1.20. The average molecular weight is 440 g/mol. The van der Waals surface area contributed by atoms with Crippen LogP contribution in [0.1, 0.15) is 21.7 Å². The monoisotopic (exact) mass is 439 g/mol. The fourth-order valence-corrected chi connectivity index (χ4v) is 3.68. The van der Waals surface area contributed by atoms with Gasteiger partial charge in [-0.3, -0.25) is 9.48 Å². The smallest absolute Gasteiger partial charge is 0.322 e. The number of hydrogen-bond acceptors (Lipinski definition) is 3. The molecule has 2 aromatic rings. The maximum Gasteiger partial charge on any atom is 0.322 e. The van der Waals surface area contributed by atoms with Crippen molar-refractivity contribution in [3.8, 4) is 0 Å². The number of nitrogens with one attached hydrogen (secondary N) is 2. The second-order valence-corrected chi connectivity index (χ2v) is 7.35. The Balaban J connectivity index is 1.55. The lowest BCUT2D eigenvalue weighted by Gasteiger charge is -2.27. The van der Waals surface area contributed by atoms with Crippen LogP contribution in [0.2, 0.25) is 0 Å². The molecule has 0 spiro atoms. The molecule has 1 unspecified atom stereocenters. The van der Waals surface area contributed by atoms with Crippen molar-refractivity contribution in [2.24, 2.45) is 0 Å². The van der Waals surface area contributed by atoms with E-state index in [0.29, 0.717) is 35.6 Å². The Morgan fingerprint density at radius 3 is 3.00 bits per heavy atom. The summed E-state index contributed by atoms with van der Waals surface area (Å²) < 4.78 is 28.8. The van der Waals surface area contributed by atoms with E-state index in [-0.39, 0.29) is 36.0 Å². The van der Waals surface area contributed by atoms with Crippen LogP contribution in [-0.2, 0) is 19.5 Å². The number of urea groups is 1. The van der Waals surface area contributed by atoms with E-state index in [9.17, 15) is 18.4 Å². The van der Waals surface area contributed by atoms with E-state index in [1.54, 1.807) is 4.90 Å². The van der Waals surface area contributed by atoms with Gasteiger partial charge in [-0.05, 0) is 34.1 Å². The number of anilines is 1. The van der Waals surface area contributed by atoms with Crippen molar-refractivity contribution in [3.05, 3.63) is 45.4 Å². The lowest BCUT2D eigenvalue weighted by Crippen LogP contribution is -2.39. The second-order valence-electron chi connectivity index (χ2n) is 6.49. The van der Waals surface area contributed by atoms with Gasteiger partial charge in [0.15, 0.2) is 0 Å². The van der Waals surface area contributed by atoms with E-state index in [1.165, 1.54) is 22.9 Å². The van der Waals surface area contributed by atoms with Gasteiger partial charge in [0.05, 0.1) is 29.8 Å². The zero-order valence-electron chi connectivity index (χ0n) is 14.1. The lowest BCUT2D eigenvalue weighted by atomic mass is 10.1. The number of carbonyl (C=O) groups excluding carboxylic acids is 2. The van der Waals surface area contributed by atoms with Crippen LogP contribution >= 0.6 is 15.9 Å². The normalized spacial score (nSPS) is 19.0. The molecule has 0 fully saturated rings. The van der Waals surface area contributed by atoms with Crippen molar-refractivity contribution in [1.29, 1.82) is 0 Å². The Morgan fingerprint density at radius 1 is 1.41 bits per heavy atom. The summed E-state index contributed by atoms with van der Waals surface area (Å²) in [6, 6.07) is 3.83. The van der Waals surface area contributed by atoms with Gasteiger partial charge in [0.2, 0.25) is 0 Å². The average Bonchev–Trinajstić information content (AvgIpc) is 2.92. The van der Waals surface area contributed by atoms with E-state index in [1.807, 2.05) is 0 Å². The Morgan fingerprint density at radius 2 is 2.22 bits per heavy atom. The van der Waals surface area contributed by atoms with Crippen LogP contribution in [-0.4, -0.2) is 45.9 Å². The third kappa shape index (κ3) is 3.41. The first kappa shape index (κ1) is 17.9. The van der Waals surface area contributed by atoms with Crippen molar-refractivity contribution < 1.29 is 18.4 Å². The van der Waals surface area contributed by atoms with Crippen molar-refractivity contribution in [2.45, 2.75) is 25.7 Å². The Hall–Kier alpha value is -2.49. The van der Waals surface area contributed by atoms with Crippen LogP contribution in [0.4, 0.5) is 19.3 Å². The zero-order valence-corrected chi connectivity index (χ0v) is 15.7. The number of rotatable bonds is 1. The number of nitrogens with zero attached hydrogens (tertiary/aromatic N) is 3. The maximum absolute atomic E-state index is 13.8. The van der Waals surface area contributed by atoms with Crippen molar-refractivity contribution in [3.63, 3.8) is 0 Å². The summed E-state index contributed by atoms with van der Waals surface area (Å²) in [4.78, 5) is 26.5. The van der Waals surface area contributed by atoms with Crippen molar-refractivity contribution in [2.75, 3.05) is 18.4 Å². The first-order valence-corrected chi connectivity index (χ1v) is 9.23. The summed E-state index contributed by atoms with van der Waals surface area (Å²) in [6.07, 6.45) is -0.729. The molecule has 2 N–H and O–H groups in total. The molecular weight excluding hydrogens is 424 g/mol. The number of amides is 3. The van der Waals surface area contributed by atoms with Gasteiger partial charge in [-0.2, -0.15) is 5.10 Å². The highest BCUT2D eigenvalue weighted by atomic mass is 79.9. The van der Waals surface area contributed by atoms with Gasteiger partial charge in [-0.25, -0.2) is 13.6 Å². The summed E-state index contributed by atoms with van der Waals surface area (Å²) in [5, 5.41) is 9.62. The molecule has 3 heterocycles. The molecule has 0 radical (unpaired) electrons. The molecule has 10 heteroatoms. The minimum absolute atomic E-state index is 0.0108. The van der Waals surface area contributed by atoms with Gasteiger partial charge < -0.3 is 15.5 Å². The third-order valence-electron chi connectivity index (χ3n) is 4.63. The molecule has 0 saturated carbocycles. The van der Waals surface area contributed by atoms with Crippen LogP contribution in [0.25, 0.3) is 0 Å². The SMILES string of the molecule is O=C1NCC(F)Cn2nc3c(c21)CN(C(=O)Nc1ccc(F)c(Br)c1)CC3. The van der Waals surface area contributed by atoms with E-state index >= 15 is 0 Å². The lowest BCUT2D eigenvalue weighted by molar-refractivity contribution is 0.0943. The maximum atomic E-state index is 13.8. The molecule has 1 aromatic carbocycles. The molecule has 2 aliphatic heterocycles. The zero-order chi connectivity index (χ0) is 19.1. The van der Waals surface area contributed by atoms with Gasteiger partial charge in [0, 0.05) is 24.2 Å². The fourth-order valence-electron chi connectivity index (χ4n) is 3.30. The van der Waals surface area contributed by atoms with Crippen LogP contribution < -0.4 is 10.6 Å². The predicted molar refractivity (Wildman–Crippen MR) is 96.7 cm³/mol. The van der Waals surface area contributed by atoms with Crippen molar-refractivity contribution in [1.82, 2.24) is 20.0 Å². The largest absolute Gasteiger partial charge is 0.348 e. The van der Waals surface area contributed by atoms with Crippen LogP contribution in [0.3, 0.4) is 0 Å². The van der Waals surface area contributed by atoms with E-state index in [2.05, 4.69) is 31.7 Å². The van der Waals surface area contributed by atoms with Gasteiger partial charge in [0.1, 0.15) is 17.7 Å². The van der Waals surface area contributed by atoms with Crippen molar-refractivity contribution >= 4 is 33.6 Å². The van der Waals surface area contributed by atoms with Gasteiger partial charge >= 0.3 is 6.03 Å². The number of aromatic nitrogens is 2. The van der Waals surface area contributed by atoms with Gasteiger partial charge in [0.25, 0.3) is 5.91 Å². The molecule has 0 saturated heterocycles. The molecule has 142 valence electrons. The summed E-state index contributed by atoms with van der Waals surface area (Å²) >= 11 is 3.08. The summed E-state index contributed by atoms with van der Waals surface area (Å²) in [5.74, 6) is -0.802. The topological polar surface area (TPSA) is 79.3 Å². The second kappa shape index (κ2) is 6.91. The summed E-state index contributed by atoms with van der Waals surface area (Å²) in [5.41, 5.74) is 2.12. The van der Waals surface area contributed by atoms with E-state index in [4.69, 9.17) is 0 Å². The molecule has 4 rings (SSSR count). The van der Waals surface area contributed by atoms with Gasteiger partial charge in [-0.15, -0.1) is 0 Å². The first-order valence-electron chi connectivity index (χ1n) is 8.44. The Kier molecular flexibility index (Phi) is 4.58. The van der Waals surface area contributed by atoms with Crippen LogP contribution in [0.5, 0.6) is 0 Å². The Bertz CT molecular complexity index is 932. The van der Waals surface area contributed by atoms with Gasteiger partial charge in [-0.1, -0.05) is 0 Å². The van der Waals surface area contributed by atoms with Crippen LogP contribution in [0, 0.1) is 5.82 Å². The quantitative estimate of drug-likeness (QED) is 0.716. The number of alkyl halides is 1. The predicted octanol–water partition coefficient (Wildman–Crippen LogP) is 2.46. The van der Waals surface area contributed by atoms with Crippen LogP contribution in [0.15, 0.2) is 22.7 Å². The molecule has 3 amide bonds. The fraction of sp³-hybridized carbons (Fsp3) is 0.353. The number of hydrogen-bond donors (Lipinski definition) is 2. The molecule has 0 aliphatic carbocycles. The number of carbonyl (C=O) groups is 2. The number of halogens is 3. The number of fused-ring (bicyclic) bond motifs is 3. The molecule has 27 heavy (non-hydrogen) atoms.